The standard InChI is InChI=1S/C18H16FNO3/c19-14-5-3-13(4-6-14)17(21)12-23-16-9-7-15(8-10-16)20-11-1-2-18(20)22/h3-10H,1-2,11-12H2. The van der Waals surface area contributed by atoms with Gasteiger partial charge in [0, 0.05) is 24.2 Å². The smallest absolute Gasteiger partial charge is 0.227 e. The Balaban J connectivity index is 1.59. The van der Waals surface area contributed by atoms with Gasteiger partial charge in [-0.15, -0.1) is 0 Å². The van der Waals surface area contributed by atoms with Crippen molar-refractivity contribution in [2.75, 3.05) is 18.1 Å². The Hall–Kier alpha value is -2.69. The number of anilines is 1. The minimum atomic E-state index is -0.380. The van der Waals surface area contributed by atoms with Crippen LogP contribution in [0, 0.1) is 5.82 Å². The van der Waals surface area contributed by atoms with Gasteiger partial charge in [0.15, 0.2) is 12.4 Å². The molecule has 1 aliphatic heterocycles. The maximum atomic E-state index is 12.8. The van der Waals surface area contributed by atoms with Gasteiger partial charge < -0.3 is 9.64 Å². The quantitative estimate of drug-likeness (QED) is 0.796. The molecular formula is C18H16FNO3. The van der Waals surface area contributed by atoms with Crippen LogP contribution in [-0.4, -0.2) is 24.8 Å². The van der Waals surface area contributed by atoms with Crippen LogP contribution in [0.25, 0.3) is 0 Å². The monoisotopic (exact) mass is 313 g/mol. The molecule has 0 bridgehead atoms. The van der Waals surface area contributed by atoms with Crippen LogP contribution in [0.2, 0.25) is 0 Å². The normalized spacial score (nSPS) is 14.1. The van der Waals surface area contributed by atoms with Crippen LogP contribution >= 0.6 is 0 Å². The van der Waals surface area contributed by atoms with Gasteiger partial charge in [-0.1, -0.05) is 0 Å². The van der Waals surface area contributed by atoms with Gasteiger partial charge in [0.05, 0.1) is 0 Å². The van der Waals surface area contributed by atoms with E-state index in [-0.39, 0.29) is 24.1 Å². The summed E-state index contributed by atoms with van der Waals surface area (Å²) >= 11 is 0. The fourth-order valence-corrected chi connectivity index (χ4v) is 2.51. The van der Waals surface area contributed by atoms with E-state index in [4.69, 9.17) is 4.74 Å². The molecule has 118 valence electrons. The van der Waals surface area contributed by atoms with E-state index in [0.29, 0.717) is 17.7 Å². The van der Waals surface area contributed by atoms with E-state index in [1.54, 1.807) is 29.2 Å². The van der Waals surface area contributed by atoms with E-state index < -0.39 is 0 Å². The van der Waals surface area contributed by atoms with Crippen LogP contribution in [0.15, 0.2) is 48.5 Å². The summed E-state index contributed by atoms with van der Waals surface area (Å²) in [6, 6.07) is 12.4. The molecule has 0 radical (unpaired) electrons. The van der Waals surface area contributed by atoms with E-state index >= 15 is 0 Å². The molecule has 1 saturated heterocycles. The van der Waals surface area contributed by atoms with Crippen molar-refractivity contribution in [1.82, 2.24) is 0 Å². The average molecular weight is 313 g/mol. The predicted octanol–water partition coefficient (Wildman–Crippen LogP) is 3.21. The minimum Gasteiger partial charge on any atom is -0.485 e. The highest BCUT2D eigenvalue weighted by atomic mass is 19.1. The Bertz CT molecular complexity index is 710. The lowest BCUT2D eigenvalue weighted by Gasteiger charge is -2.16. The molecule has 1 heterocycles. The van der Waals surface area contributed by atoms with Gasteiger partial charge in [-0.25, -0.2) is 4.39 Å². The lowest BCUT2D eigenvalue weighted by Crippen LogP contribution is -2.23. The molecule has 0 spiro atoms. The molecule has 0 unspecified atom stereocenters. The van der Waals surface area contributed by atoms with Crippen molar-refractivity contribution in [2.24, 2.45) is 0 Å². The lowest BCUT2D eigenvalue weighted by molar-refractivity contribution is -0.117. The molecule has 23 heavy (non-hydrogen) atoms. The van der Waals surface area contributed by atoms with Gasteiger partial charge >= 0.3 is 0 Å². The second-order valence-corrected chi connectivity index (χ2v) is 5.36. The molecule has 2 aromatic carbocycles. The van der Waals surface area contributed by atoms with E-state index in [9.17, 15) is 14.0 Å². The summed E-state index contributed by atoms with van der Waals surface area (Å²) in [5.74, 6) is 0.0827. The molecule has 0 aromatic heterocycles. The van der Waals surface area contributed by atoms with Crippen LogP contribution in [-0.2, 0) is 4.79 Å². The van der Waals surface area contributed by atoms with Crippen LogP contribution < -0.4 is 9.64 Å². The van der Waals surface area contributed by atoms with Crippen molar-refractivity contribution in [3.8, 4) is 5.75 Å². The highest BCUT2D eigenvalue weighted by molar-refractivity contribution is 5.97. The van der Waals surface area contributed by atoms with Gasteiger partial charge in [-0.2, -0.15) is 0 Å². The van der Waals surface area contributed by atoms with Crippen molar-refractivity contribution < 1.29 is 18.7 Å². The van der Waals surface area contributed by atoms with Crippen molar-refractivity contribution in [2.45, 2.75) is 12.8 Å². The van der Waals surface area contributed by atoms with E-state index in [1.165, 1.54) is 24.3 Å². The summed E-state index contributed by atoms with van der Waals surface area (Å²) < 4.78 is 18.3. The van der Waals surface area contributed by atoms with E-state index in [2.05, 4.69) is 0 Å². The molecule has 3 rings (SSSR count). The minimum absolute atomic E-state index is 0.117. The molecule has 1 aliphatic rings. The first-order valence-electron chi connectivity index (χ1n) is 7.45. The van der Waals surface area contributed by atoms with Crippen LogP contribution in [0.5, 0.6) is 5.75 Å². The number of nitrogens with zero attached hydrogens (tertiary/aromatic N) is 1. The molecular weight excluding hydrogens is 297 g/mol. The second-order valence-electron chi connectivity index (χ2n) is 5.36. The highest BCUT2D eigenvalue weighted by Crippen LogP contribution is 2.24. The number of ether oxygens (including phenoxy) is 1. The van der Waals surface area contributed by atoms with Crippen molar-refractivity contribution in [3.05, 3.63) is 59.9 Å². The molecule has 0 saturated carbocycles. The summed E-state index contributed by atoms with van der Waals surface area (Å²) in [5.41, 5.74) is 1.25. The first kappa shape index (κ1) is 15.2. The number of Topliss-reactive ketones (excluding diaryl/α,β-unsaturated/α-hetero) is 1. The van der Waals surface area contributed by atoms with Crippen LogP contribution in [0.4, 0.5) is 10.1 Å². The zero-order chi connectivity index (χ0) is 16.2. The first-order chi connectivity index (χ1) is 11.1. The molecule has 0 atom stereocenters. The number of ketones is 1. The molecule has 1 amide bonds. The molecule has 5 heteroatoms. The number of carbonyl (C=O) groups is 2. The number of benzene rings is 2. The molecule has 2 aromatic rings. The number of carbonyl (C=O) groups excluding carboxylic acids is 2. The molecule has 4 nitrogen and oxygen atoms in total. The number of hydrogen-bond acceptors (Lipinski definition) is 3. The Morgan fingerprint density at radius 1 is 1.09 bits per heavy atom. The molecule has 0 aliphatic carbocycles. The van der Waals surface area contributed by atoms with Crippen LogP contribution in [0.3, 0.4) is 0 Å². The van der Waals surface area contributed by atoms with Crippen molar-refractivity contribution >= 4 is 17.4 Å². The average Bonchev–Trinajstić information content (AvgIpc) is 3.00. The SMILES string of the molecule is O=C(COc1ccc(N2CCCC2=O)cc1)c1ccc(F)cc1. The topological polar surface area (TPSA) is 46.6 Å². The Labute approximate surface area is 133 Å². The number of rotatable bonds is 5. The summed E-state index contributed by atoms with van der Waals surface area (Å²) in [6.45, 7) is 0.621. The van der Waals surface area contributed by atoms with Crippen molar-refractivity contribution in [3.63, 3.8) is 0 Å². The maximum absolute atomic E-state index is 12.8. The Morgan fingerprint density at radius 2 is 1.78 bits per heavy atom. The third-order valence-corrected chi connectivity index (χ3v) is 3.76. The van der Waals surface area contributed by atoms with Crippen LogP contribution in [0.1, 0.15) is 23.2 Å². The van der Waals surface area contributed by atoms with Crippen molar-refractivity contribution in [1.29, 1.82) is 0 Å². The fraction of sp³-hybridized carbons (Fsp3) is 0.222. The highest BCUT2D eigenvalue weighted by Gasteiger charge is 2.21. The third kappa shape index (κ3) is 3.56. The summed E-state index contributed by atoms with van der Waals surface area (Å²) in [4.78, 5) is 25.4. The maximum Gasteiger partial charge on any atom is 0.227 e. The summed E-state index contributed by atoms with van der Waals surface area (Å²) in [6.07, 6.45) is 1.47. The largest absolute Gasteiger partial charge is 0.485 e. The number of amides is 1. The molecule has 1 fully saturated rings. The molecule has 0 N–H and O–H groups in total. The summed E-state index contributed by atoms with van der Waals surface area (Å²) in [7, 11) is 0. The zero-order valence-corrected chi connectivity index (χ0v) is 12.5. The first-order valence-corrected chi connectivity index (χ1v) is 7.45. The van der Waals surface area contributed by atoms with Gasteiger partial charge in [0.1, 0.15) is 11.6 Å². The predicted molar refractivity (Wildman–Crippen MR) is 84.3 cm³/mol. The van der Waals surface area contributed by atoms with Gasteiger partial charge in [-0.3, -0.25) is 9.59 Å². The van der Waals surface area contributed by atoms with Gasteiger partial charge in [-0.05, 0) is 55.0 Å². The van der Waals surface area contributed by atoms with E-state index in [1.807, 2.05) is 0 Å². The lowest BCUT2D eigenvalue weighted by atomic mass is 10.1. The zero-order valence-electron chi connectivity index (χ0n) is 12.5. The Kier molecular flexibility index (Phi) is 4.37. The summed E-state index contributed by atoms with van der Waals surface area (Å²) in [5, 5.41) is 0. The second kappa shape index (κ2) is 6.60. The number of halogens is 1. The fourth-order valence-electron chi connectivity index (χ4n) is 2.51. The van der Waals surface area contributed by atoms with E-state index in [0.717, 1.165) is 18.7 Å². The third-order valence-electron chi connectivity index (χ3n) is 3.76. The van der Waals surface area contributed by atoms with Gasteiger partial charge in [0.25, 0.3) is 0 Å². The number of hydrogen-bond donors (Lipinski definition) is 0. The van der Waals surface area contributed by atoms with Gasteiger partial charge in [0.2, 0.25) is 5.91 Å². The Morgan fingerprint density at radius 3 is 2.39 bits per heavy atom.